The number of methoxy groups -OCH3 is 2. The lowest BCUT2D eigenvalue weighted by Crippen LogP contribution is -2.35. The van der Waals surface area contributed by atoms with Crippen LogP contribution in [-0.2, 0) is 14.3 Å². The van der Waals surface area contributed by atoms with E-state index in [4.69, 9.17) is 9.47 Å². The summed E-state index contributed by atoms with van der Waals surface area (Å²) in [5.41, 5.74) is 0. The van der Waals surface area contributed by atoms with Gasteiger partial charge < -0.3 is 9.47 Å². The number of nitrogens with zero attached hydrogens (tertiary/aromatic N) is 2. The molecular formula is C10H14N2O3. The van der Waals surface area contributed by atoms with E-state index in [2.05, 4.69) is 4.99 Å². The molecule has 1 amide bonds. The Morgan fingerprint density at radius 1 is 1.47 bits per heavy atom. The number of aliphatic imine (C=N–C) groups is 1. The topological polar surface area (TPSA) is 51.1 Å². The number of amides is 1. The summed E-state index contributed by atoms with van der Waals surface area (Å²) < 4.78 is 10.1. The summed E-state index contributed by atoms with van der Waals surface area (Å²) in [6, 6.07) is 0. The molecule has 5 nitrogen and oxygen atoms in total. The fourth-order valence-electron chi connectivity index (χ4n) is 1.46. The minimum atomic E-state index is 0.0991. The van der Waals surface area contributed by atoms with Crippen molar-refractivity contribution in [3.8, 4) is 0 Å². The highest BCUT2D eigenvalue weighted by Gasteiger charge is 2.36. The monoisotopic (exact) mass is 210 g/mol. The Morgan fingerprint density at radius 2 is 2.20 bits per heavy atom. The number of ether oxygens (including phenoxy) is 2. The molecule has 15 heavy (non-hydrogen) atoms. The van der Waals surface area contributed by atoms with Crippen LogP contribution in [0.25, 0.3) is 0 Å². The molecule has 1 saturated carbocycles. The van der Waals surface area contributed by atoms with Gasteiger partial charge in [-0.1, -0.05) is 0 Å². The summed E-state index contributed by atoms with van der Waals surface area (Å²) in [5.74, 6) is 1.27. The van der Waals surface area contributed by atoms with Crippen LogP contribution in [0.4, 0.5) is 0 Å². The van der Waals surface area contributed by atoms with Crippen LogP contribution in [0.5, 0.6) is 0 Å². The Morgan fingerprint density at radius 3 is 2.73 bits per heavy atom. The van der Waals surface area contributed by atoms with Crippen molar-refractivity contribution in [3.05, 3.63) is 12.0 Å². The Bertz CT molecular complexity index is 332. The molecule has 0 aromatic heterocycles. The van der Waals surface area contributed by atoms with Crippen molar-refractivity contribution in [2.75, 3.05) is 20.9 Å². The van der Waals surface area contributed by atoms with Gasteiger partial charge in [-0.25, -0.2) is 4.99 Å². The summed E-state index contributed by atoms with van der Waals surface area (Å²) in [5, 5.41) is 0. The second-order valence-corrected chi connectivity index (χ2v) is 3.57. The molecular weight excluding hydrogens is 196 g/mol. The van der Waals surface area contributed by atoms with E-state index in [1.54, 1.807) is 18.1 Å². The summed E-state index contributed by atoms with van der Waals surface area (Å²) in [6.07, 6.45) is 3.59. The third-order valence-corrected chi connectivity index (χ3v) is 2.49. The Hall–Kier alpha value is -1.52. The first-order valence-corrected chi connectivity index (χ1v) is 4.91. The zero-order chi connectivity index (χ0) is 10.8. The van der Waals surface area contributed by atoms with E-state index in [-0.39, 0.29) is 18.5 Å². The summed E-state index contributed by atoms with van der Waals surface area (Å²) in [6.45, 7) is 0.290. The van der Waals surface area contributed by atoms with Crippen molar-refractivity contribution in [2.45, 2.75) is 12.8 Å². The molecule has 2 aliphatic rings. The number of hydrogen-bond acceptors (Lipinski definition) is 4. The molecule has 0 saturated heterocycles. The normalized spacial score (nSPS) is 20.5. The van der Waals surface area contributed by atoms with Crippen molar-refractivity contribution in [1.29, 1.82) is 0 Å². The molecule has 1 fully saturated rings. The lowest BCUT2D eigenvalue weighted by atomic mass is 10.3. The van der Waals surface area contributed by atoms with Crippen LogP contribution in [0, 0.1) is 5.92 Å². The van der Waals surface area contributed by atoms with Gasteiger partial charge in [-0.15, -0.1) is 0 Å². The maximum absolute atomic E-state index is 11.8. The number of carbonyl (C=O) groups excluding carboxylic acids is 1. The van der Waals surface area contributed by atoms with Gasteiger partial charge in [-0.2, -0.15) is 0 Å². The van der Waals surface area contributed by atoms with Gasteiger partial charge in [0, 0.05) is 5.92 Å². The van der Waals surface area contributed by atoms with Crippen molar-refractivity contribution >= 4 is 11.8 Å². The van der Waals surface area contributed by atoms with Gasteiger partial charge in [-0.05, 0) is 12.8 Å². The third kappa shape index (κ3) is 1.95. The molecule has 0 radical (unpaired) electrons. The highest BCUT2D eigenvalue weighted by Crippen LogP contribution is 2.32. The minimum Gasteiger partial charge on any atom is -0.482 e. The first-order valence-electron chi connectivity index (χ1n) is 4.91. The number of carbonyl (C=O) groups is 1. The first-order chi connectivity index (χ1) is 7.26. The first kappa shape index (κ1) is 10.0. The molecule has 1 heterocycles. The number of hydrogen-bond donors (Lipinski definition) is 0. The highest BCUT2D eigenvalue weighted by atomic mass is 16.5. The third-order valence-electron chi connectivity index (χ3n) is 2.49. The van der Waals surface area contributed by atoms with E-state index in [0.29, 0.717) is 11.8 Å². The van der Waals surface area contributed by atoms with Crippen LogP contribution in [-0.4, -0.2) is 37.6 Å². The molecule has 2 rings (SSSR count). The van der Waals surface area contributed by atoms with E-state index in [1.807, 2.05) is 0 Å². The highest BCUT2D eigenvalue weighted by molar-refractivity contribution is 5.91. The van der Waals surface area contributed by atoms with Crippen LogP contribution < -0.4 is 0 Å². The maximum Gasteiger partial charge on any atom is 0.233 e. The predicted molar refractivity (Wildman–Crippen MR) is 54.0 cm³/mol. The van der Waals surface area contributed by atoms with Gasteiger partial charge >= 0.3 is 0 Å². The molecule has 0 N–H and O–H groups in total. The quantitative estimate of drug-likeness (QED) is 0.675. The lowest BCUT2D eigenvalue weighted by molar-refractivity contribution is -0.132. The molecule has 1 aliphatic carbocycles. The summed E-state index contributed by atoms with van der Waals surface area (Å²) in [7, 11) is 3.08. The average molecular weight is 210 g/mol. The molecule has 5 heteroatoms. The fraction of sp³-hybridized carbons (Fsp3) is 0.600. The molecule has 0 aromatic carbocycles. The van der Waals surface area contributed by atoms with Gasteiger partial charge in [0.15, 0.2) is 0 Å². The standard InChI is InChI=1S/C10H14N2O3/c1-14-8-5-9(15-2)12(6-11-8)10(13)7-3-4-7/h5,7H,3-4,6H2,1-2H3. The van der Waals surface area contributed by atoms with Gasteiger partial charge in [0.2, 0.25) is 17.7 Å². The lowest BCUT2D eigenvalue weighted by Gasteiger charge is -2.25. The Labute approximate surface area is 88.4 Å². The zero-order valence-electron chi connectivity index (χ0n) is 8.90. The van der Waals surface area contributed by atoms with E-state index >= 15 is 0 Å². The fourth-order valence-corrected chi connectivity index (χ4v) is 1.46. The summed E-state index contributed by atoms with van der Waals surface area (Å²) in [4.78, 5) is 17.5. The van der Waals surface area contributed by atoms with Gasteiger partial charge in [0.25, 0.3) is 0 Å². The largest absolute Gasteiger partial charge is 0.482 e. The average Bonchev–Trinajstić information content (AvgIpc) is 3.11. The second kappa shape index (κ2) is 3.92. The Kier molecular flexibility index (Phi) is 2.62. The molecule has 0 unspecified atom stereocenters. The van der Waals surface area contributed by atoms with Crippen LogP contribution in [0.2, 0.25) is 0 Å². The van der Waals surface area contributed by atoms with E-state index < -0.39 is 0 Å². The van der Waals surface area contributed by atoms with Crippen molar-refractivity contribution in [2.24, 2.45) is 10.9 Å². The molecule has 1 aliphatic heterocycles. The van der Waals surface area contributed by atoms with Crippen LogP contribution >= 0.6 is 0 Å². The van der Waals surface area contributed by atoms with Crippen LogP contribution in [0.3, 0.4) is 0 Å². The smallest absolute Gasteiger partial charge is 0.233 e. The molecule has 0 atom stereocenters. The molecule has 0 bridgehead atoms. The minimum absolute atomic E-state index is 0.0991. The van der Waals surface area contributed by atoms with Gasteiger partial charge in [0.05, 0.1) is 20.3 Å². The predicted octanol–water partition coefficient (Wildman–Crippen LogP) is 0.729. The van der Waals surface area contributed by atoms with Gasteiger partial charge in [0.1, 0.15) is 6.67 Å². The second-order valence-electron chi connectivity index (χ2n) is 3.57. The van der Waals surface area contributed by atoms with Gasteiger partial charge in [-0.3, -0.25) is 9.69 Å². The van der Waals surface area contributed by atoms with Crippen LogP contribution in [0.15, 0.2) is 17.0 Å². The van der Waals surface area contributed by atoms with E-state index in [1.165, 1.54) is 7.11 Å². The Balaban J connectivity index is 2.11. The SMILES string of the molecule is COC1=CC(OC)=NCN1C(=O)C1CC1. The zero-order valence-corrected chi connectivity index (χ0v) is 8.90. The molecule has 0 aromatic rings. The van der Waals surface area contributed by atoms with E-state index in [0.717, 1.165) is 12.8 Å². The number of rotatable bonds is 2. The molecule has 82 valence electrons. The van der Waals surface area contributed by atoms with Crippen LogP contribution in [0.1, 0.15) is 12.8 Å². The van der Waals surface area contributed by atoms with Crippen molar-refractivity contribution in [1.82, 2.24) is 4.90 Å². The summed E-state index contributed by atoms with van der Waals surface area (Å²) >= 11 is 0. The van der Waals surface area contributed by atoms with E-state index in [9.17, 15) is 4.79 Å². The van der Waals surface area contributed by atoms with Crippen molar-refractivity contribution in [3.63, 3.8) is 0 Å². The maximum atomic E-state index is 11.8. The molecule has 0 spiro atoms. The van der Waals surface area contributed by atoms with Crippen molar-refractivity contribution < 1.29 is 14.3 Å².